The maximum Gasteiger partial charge on any atom is 0.168 e. The van der Waals surface area contributed by atoms with Gasteiger partial charge >= 0.3 is 0 Å². The van der Waals surface area contributed by atoms with E-state index >= 15 is 0 Å². The first-order valence-electron chi connectivity index (χ1n) is 18.8. The maximum absolute atomic E-state index is 6.39. The Hall–Kier alpha value is -5.46. The van der Waals surface area contributed by atoms with Gasteiger partial charge in [0.15, 0.2) is 5.65 Å². The van der Waals surface area contributed by atoms with Crippen LogP contribution in [0.25, 0.3) is 72.6 Å². The van der Waals surface area contributed by atoms with Gasteiger partial charge in [0.05, 0.1) is 25.0 Å². The molecule has 0 N–H and O–H groups in total. The third kappa shape index (κ3) is 7.55. The number of fused-ring (bicyclic) bond motifs is 4. The monoisotopic (exact) mass is 925 g/mol. The van der Waals surface area contributed by atoms with Crippen LogP contribution in [0, 0.1) is 19.1 Å². The number of hydrogen-bond acceptors (Lipinski definition) is 4. The number of hydrogen-bond donors (Lipinski definition) is 0. The van der Waals surface area contributed by atoms with Gasteiger partial charge in [0, 0.05) is 43.6 Å². The largest absolute Gasteiger partial charge is 0.501 e. The van der Waals surface area contributed by atoms with Gasteiger partial charge in [-0.2, -0.15) is 0 Å². The van der Waals surface area contributed by atoms with Crippen molar-refractivity contribution in [1.82, 2.24) is 19.5 Å². The minimum Gasteiger partial charge on any atom is -0.501 e. The predicted molar refractivity (Wildman–Crippen MR) is 231 cm³/mol. The number of imidazole rings is 1. The van der Waals surface area contributed by atoms with Gasteiger partial charge in [-0.1, -0.05) is 124 Å². The molecule has 0 unspecified atom stereocenters. The first-order valence-corrected chi connectivity index (χ1v) is 22.3. The molecule has 5 nitrogen and oxygen atoms in total. The number of nitrogens with zero attached hydrogens (tertiary/aromatic N) is 4. The summed E-state index contributed by atoms with van der Waals surface area (Å²) >= 11 is 0. The van der Waals surface area contributed by atoms with Gasteiger partial charge in [-0.15, -0.1) is 54.1 Å². The van der Waals surface area contributed by atoms with Crippen LogP contribution in [0.5, 0.6) is 0 Å². The van der Waals surface area contributed by atoms with Gasteiger partial charge in [0.1, 0.15) is 5.58 Å². The van der Waals surface area contributed by atoms with Crippen molar-refractivity contribution in [3.63, 3.8) is 0 Å². The minimum absolute atomic E-state index is 0. The third-order valence-electron chi connectivity index (χ3n) is 10.1. The summed E-state index contributed by atoms with van der Waals surface area (Å²) in [5.41, 5.74) is 12.1. The van der Waals surface area contributed by atoms with Crippen LogP contribution >= 0.6 is 0 Å². The molecule has 0 spiro atoms. The molecule has 4 heterocycles. The van der Waals surface area contributed by atoms with E-state index in [1.807, 2.05) is 54.7 Å². The van der Waals surface area contributed by atoms with Crippen LogP contribution in [-0.4, -0.2) is 27.6 Å². The standard InChI is InChI=1S/C34H26N3O.C15H18NSi.Ir/c1-34(2,3)28-20-21-35-32-30(28)37(24-18-16-23(17-19-24)22-10-5-4-6-11-22)33(36-32)27-14-9-13-26-25-12-7-8-15-29(25)38-31(26)27;1-12-10-14(13-8-6-5-7-9-13)16-11-15(12)17(2,3)4;/h4-13,15-21H,1-3H3;5-8,10-11H,1-4H3;/q2*-1;. The smallest absolute Gasteiger partial charge is 0.168 e. The van der Waals surface area contributed by atoms with E-state index in [0.717, 1.165) is 55.8 Å². The quantitative estimate of drug-likeness (QED) is 0.127. The third-order valence-corrected chi connectivity index (χ3v) is 12.2. The number of furan rings is 1. The second-order valence-electron chi connectivity index (χ2n) is 16.1. The number of benzene rings is 5. The first kappa shape index (κ1) is 38.8. The molecule has 0 atom stereocenters. The van der Waals surface area contributed by atoms with Gasteiger partial charge in [-0.3, -0.25) is 4.98 Å². The van der Waals surface area contributed by atoms with Gasteiger partial charge in [0.2, 0.25) is 0 Å². The molecule has 0 aliphatic rings. The Morgan fingerprint density at radius 3 is 2.12 bits per heavy atom. The second-order valence-corrected chi connectivity index (χ2v) is 21.1. The molecule has 9 rings (SSSR count). The van der Waals surface area contributed by atoms with E-state index in [4.69, 9.17) is 14.4 Å². The summed E-state index contributed by atoms with van der Waals surface area (Å²) in [5, 5.41) is 3.58. The van der Waals surface area contributed by atoms with Crippen molar-refractivity contribution in [2.45, 2.75) is 52.8 Å². The second kappa shape index (κ2) is 15.6. The minimum atomic E-state index is -1.27. The Morgan fingerprint density at radius 2 is 1.43 bits per heavy atom. The molecule has 7 heteroatoms. The SMILES string of the molecule is CC(C)(C)c1ccnc2nc(-c3[c-]ccc4c3oc3ccccc34)n(-c3ccc(-c4ccccc4)cc3)c12.Cc1cc(-c2[c-]cccc2)ncc1[Si](C)(C)C.[Ir]. The average Bonchev–Trinajstić information content (AvgIpc) is 3.77. The Kier molecular flexibility index (Phi) is 10.8. The van der Waals surface area contributed by atoms with E-state index in [1.165, 1.54) is 27.4 Å². The Balaban J connectivity index is 0.000000225. The molecule has 281 valence electrons. The van der Waals surface area contributed by atoms with Crippen LogP contribution in [-0.2, 0) is 25.5 Å². The summed E-state index contributed by atoms with van der Waals surface area (Å²) in [6.07, 6.45) is 3.91. The number of pyridine rings is 2. The van der Waals surface area contributed by atoms with Gasteiger partial charge in [0.25, 0.3) is 0 Å². The first-order chi connectivity index (χ1) is 26.5. The molecule has 0 amide bonds. The van der Waals surface area contributed by atoms with E-state index in [0.29, 0.717) is 5.65 Å². The van der Waals surface area contributed by atoms with Crippen LogP contribution in [0.4, 0.5) is 0 Å². The van der Waals surface area contributed by atoms with Crippen molar-refractivity contribution in [2.24, 2.45) is 0 Å². The summed E-state index contributed by atoms with van der Waals surface area (Å²) in [6, 6.07) is 50.2. The van der Waals surface area contributed by atoms with E-state index < -0.39 is 8.07 Å². The molecular formula is C49H44IrN4OSi-2. The van der Waals surface area contributed by atoms with Gasteiger partial charge < -0.3 is 14.0 Å². The van der Waals surface area contributed by atoms with E-state index in [-0.39, 0.29) is 25.5 Å². The number of para-hydroxylation sites is 1. The molecule has 5 aromatic carbocycles. The van der Waals surface area contributed by atoms with Crippen molar-refractivity contribution in [2.75, 3.05) is 0 Å². The fraction of sp³-hybridized carbons (Fsp3) is 0.163. The van der Waals surface area contributed by atoms with Crippen LogP contribution in [0.2, 0.25) is 19.6 Å². The molecule has 0 aliphatic heterocycles. The zero-order chi connectivity index (χ0) is 38.3. The fourth-order valence-corrected chi connectivity index (χ4v) is 9.06. The molecule has 0 aliphatic carbocycles. The molecule has 4 aromatic heterocycles. The van der Waals surface area contributed by atoms with E-state index in [9.17, 15) is 0 Å². The summed E-state index contributed by atoms with van der Waals surface area (Å²) in [5.74, 6) is 0.765. The zero-order valence-corrected chi connectivity index (χ0v) is 36.2. The Labute approximate surface area is 343 Å². The number of aryl methyl sites for hydroxylation is 1. The number of rotatable bonds is 5. The molecule has 0 fully saturated rings. The topological polar surface area (TPSA) is 56.7 Å². The van der Waals surface area contributed by atoms with Crippen LogP contribution in [0.1, 0.15) is 31.9 Å². The fourth-order valence-electron chi connectivity index (χ4n) is 7.36. The van der Waals surface area contributed by atoms with Crippen molar-refractivity contribution >= 4 is 46.4 Å². The molecule has 0 saturated carbocycles. The summed E-state index contributed by atoms with van der Waals surface area (Å²) < 4.78 is 8.61. The van der Waals surface area contributed by atoms with Gasteiger partial charge in [-0.05, 0) is 64.2 Å². The van der Waals surface area contributed by atoms with Crippen LogP contribution in [0.15, 0.2) is 144 Å². The molecule has 0 saturated heterocycles. The average molecular weight is 925 g/mol. The van der Waals surface area contributed by atoms with Crippen molar-refractivity contribution in [1.29, 1.82) is 0 Å². The van der Waals surface area contributed by atoms with Crippen LogP contribution in [0.3, 0.4) is 0 Å². The van der Waals surface area contributed by atoms with Crippen LogP contribution < -0.4 is 5.19 Å². The molecule has 0 bridgehead atoms. The predicted octanol–water partition coefficient (Wildman–Crippen LogP) is 12.2. The van der Waals surface area contributed by atoms with E-state index in [2.05, 4.69) is 154 Å². The Bertz CT molecular complexity index is 2780. The summed E-state index contributed by atoms with van der Waals surface area (Å²) in [4.78, 5) is 14.4. The number of aromatic nitrogens is 4. The molecule has 9 aromatic rings. The van der Waals surface area contributed by atoms with Crippen molar-refractivity contribution < 1.29 is 24.5 Å². The zero-order valence-electron chi connectivity index (χ0n) is 32.8. The normalized spacial score (nSPS) is 11.7. The molecule has 1 radical (unpaired) electrons. The summed E-state index contributed by atoms with van der Waals surface area (Å²) in [7, 11) is -1.27. The molecule has 56 heavy (non-hydrogen) atoms. The van der Waals surface area contributed by atoms with Crippen molar-refractivity contribution in [3.05, 3.63) is 163 Å². The van der Waals surface area contributed by atoms with E-state index in [1.54, 1.807) is 0 Å². The molecular weight excluding hydrogens is 881 g/mol. The Morgan fingerprint density at radius 1 is 0.714 bits per heavy atom. The maximum atomic E-state index is 6.39. The van der Waals surface area contributed by atoms with Gasteiger partial charge in [-0.25, -0.2) is 4.98 Å². The summed E-state index contributed by atoms with van der Waals surface area (Å²) in [6.45, 7) is 15.9. The van der Waals surface area contributed by atoms with Crippen molar-refractivity contribution in [3.8, 4) is 39.5 Å².